The average molecular weight is 675 g/mol. The fraction of sp³-hybridized carbons (Fsp3) is 0.0909. The summed E-state index contributed by atoms with van der Waals surface area (Å²) in [6.07, 6.45) is 2.71. The minimum atomic E-state index is -0.541. The first-order chi connectivity index (χ1) is 14.5. The number of hydrogen-bond acceptors (Lipinski definition) is 7. The summed E-state index contributed by atoms with van der Waals surface area (Å²) in [6, 6.07) is 16.7. The van der Waals surface area contributed by atoms with Crippen molar-refractivity contribution in [3.63, 3.8) is 0 Å². The van der Waals surface area contributed by atoms with Crippen LogP contribution in [0.1, 0.15) is 18.1 Å². The van der Waals surface area contributed by atoms with Crippen LogP contribution >= 0.6 is 0 Å². The maximum atomic E-state index is 11.8. The first-order valence-corrected chi connectivity index (χ1v) is 8.95. The molecule has 0 aliphatic rings. The molecule has 0 saturated heterocycles. The topological polar surface area (TPSA) is 191 Å². The molecule has 10 nitrogen and oxygen atoms in total. The molecule has 33 heavy (non-hydrogen) atoms. The third-order valence-electron chi connectivity index (χ3n) is 3.69. The Morgan fingerprint density at radius 2 is 1.27 bits per heavy atom. The van der Waals surface area contributed by atoms with Gasteiger partial charge in [0.2, 0.25) is 0 Å². The Kier molecular flexibility index (Phi) is 16.1. The number of hydrogen-bond donors (Lipinski definition) is 1. The van der Waals surface area contributed by atoms with Gasteiger partial charge in [0.05, 0.1) is 16.3 Å². The molecule has 0 radical (unpaired) electrons. The molecule has 0 saturated carbocycles. The second kappa shape index (κ2) is 16.5. The number of nitro groups is 1. The van der Waals surface area contributed by atoms with Crippen molar-refractivity contribution in [1.29, 1.82) is 0 Å². The number of benzene rings is 3. The summed E-state index contributed by atoms with van der Waals surface area (Å²) in [5.41, 5.74) is 1.14. The Bertz CT molecular complexity index is 1080. The standard InChI is InChI=1S/C20H15N3O4.C2H6O.2O.U/c24-19-7-3-1-5-14(19)12-21-17-10-9-16(23(26)27)11-18(17)22-13-15-6-2-4-8-20(15)25;1-2-3;;;/h1-13,24-25H;3H,2H2,1H3;;;/q;;2*-2;/p-2. The zero-order valence-corrected chi connectivity index (χ0v) is 21.6. The molecule has 0 aliphatic heterocycles. The molecule has 3 aromatic carbocycles. The van der Waals surface area contributed by atoms with Crippen molar-refractivity contribution in [3.05, 3.63) is 88.0 Å². The summed E-state index contributed by atoms with van der Waals surface area (Å²) in [6.45, 7) is 1.93. The second-order valence-corrected chi connectivity index (χ2v) is 5.84. The van der Waals surface area contributed by atoms with Crippen molar-refractivity contribution in [3.8, 4) is 11.5 Å². The smallest absolute Gasteiger partial charge is 0.271 e. The van der Waals surface area contributed by atoms with Crippen LogP contribution in [0.3, 0.4) is 0 Å². The Morgan fingerprint density at radius 3 is 1.70 bits per heavy atom. The van der Waals surface area contributed by atoms with E-state index < -0.39 is 4.92 Å². The molecule has 11 heteroatoms. The maximum Gasteiger partial charge on any atom is 0.271 e. The Labute approximate surface area is 214 Å². The van der Waals surface area contributed by atoms with Gasteiger partial charge in [0.1, 0.15) is 0 Å². The van der Waals surface area contributed by atoms with Crippen molar-refractivity contribution in [2.24, 2.45) is 9.98 Å². The average Bonchev–Trinajstić information content (AvgIpc) is 2.73. The molecule has 0 unspecified atom stereocenters. The van der Waals surface area contributed by atoms with Gasteiger partial charge in [-0.1, -0.05) is 48.5 Å². The number of aliphatic imine (C=N–C) groups is 2. The molecule has 0 spiro atoms. The molecule has 0 heterocycles. The van der Waals surface area contributed by atoms with Crippen LogP contribution in [0.2, 0.25) is 0 Å². The van der Waals surface area contributed by atoms with Gasteiger partial charge in [-0.25, -0.2) is 0 Å². The van der Waals surface area contributed by atoms with E-state index >= 15 is 0 Å². The molecule has 3 rings (SSSR count). The van der Waals surface area contributed by atoms with E-state index in [9.17, 15) is 20.3 Å². The first-order valence-electron chi connectivity index (χ1n) is 8.95. The third-order valence-corrected chi connectivity index (χ3v) is 3.69. The van der Waals surface area contributed by atoms with Gasteiger partial charge in [0.15, 0.2) is 0 Å². The van der Waals surface area contributed by atoms with E-state index in [0.717, 1.165) is 0 Å². The zero-order chi connectivity index (χ0) is 21.9. The van der Waals surface area contributed by atoms with Crippen molar-refractivity contribution in [2.45, 2.75) is 6.92 Å². The minimum Gasteiger partial charge on any atom is -2.00 e. The summed E-state index contributed by atoms with van der Waals surface area (Å²) >= 11 is 0. The number of nitrogens with zero attached hydrogens (tertiary/aromatic N) is 3. The summed E-state index contributed by atoms with van der Waals surface area (Å²) in [5.74, 6) is -0.398. The Balaban J connectivity index is 0. The monoisotopic (exact) mass is 675 g/mol. The van der Waals surface area contributed by atoms with Crippen LogP contribution in [0.25, 0.3) is 0 Å². The Hall–Kier alpha value is -3.07. The maximum absolute atomic E-state index is 11.8. The second-order valence-electron chi connectivity index (χ2n) is 5.84. The summed E-state index contributed by atoms with van der Waals surface area (Å²) in [4.78, 5) is 18.9. The molecule has 0 amide bonds. The predicted molar refractivity (Wildman–Crippen MR) is 114 cm³/mol. The number of rotatable bonds is 5. The van der Waals surface area contributed by atoms with E-state index in [1.807, 2.05) is 0 Å². The van der Waals surface area contributed by atoms with Crippen molar-refractivity contribution < 1.29 is 62.3 Å². The van der Waals surface area contributed by atoms with E-state index in [-0.39, 0.29) is 71.5 Å². The van der Waals surface area contributed by atoms with Crippen molar-refractivity contribution >= 4 is 29.5 Å². The van der Waals surface area contributed by atoms with Gasteiger partial charge < -0.3 is 26.3 Å². The SMILES string of the molecule is CCO.O=[N+]([O-])c1ccc(N=Cc2ccccc2[O-])c(N=Cc2ccccc2[O-])c1.[O-2].[O-2].[U]. The minimum absolute atomic E-state index is 0. The molecule has 0 fully saturated rings. The van der Waals surface area contributed by atoms with E-state index in [0.29, 0.717) is 16.8 Å². The van der Waals surface area contributed by atoms with Crippen LogP contribution in [0.4, 0.5) is 17.1 Å². The van der Waals surface area contributed by atoms with Gasteiger partial charge in [-0.2, -0.15) is 0 Å². The van der Waals surface area contributed by atoms with Crippen LogP contribution in [0.5, 0.6) is 11.5 Å². The van der Waals surface area contributed by atoms with Gasteiger partial charge in [-0.3, -0.25) is 20.1 Å². The number of para-hydroxylation sites is 2. The van der Waals surface area contributed by atoms with Crippen molar-refractivity contribution in [2.75, 3.05) is 6.61 Å². The van der Waals surface area contributed by atoms with Gasteiger partial charge in [0.25, 0.3) is 5.69 Å². The molecule has 174 valence electrons. The molecule has 0 atom stereocenters. The normalized spacial score (nSPS) is 9.76. The molecular formula is C22H19N3O7U-6. The van der Waals surface area contributed by atoms with Crippen LogP contribution in [-0.4, -0.2) is 29.1 Å². The quantitative estimate of drug-likeness (QED) is 0.247. The van der Waals surface area contributed by atoms with Crippen LogP contribution in [0.15, 0.2) is 76.7 Å². The number of aliphatic hydroxyl groups excluding tert-OH is 1. The number of non-ortho nitro benzene ring substituents is 1. The fourth-order valence-electron chi connectivity index (χ4n) is 2.29. The third kappa shape index (κ3) is 9.95. The van der Waals surface area contributed by atoms with Gasteiger partial charge in [0, 0.05) is 62.3 Å². The van der Waals surface area contributed by atoms with E-state index in [2.05, 4.69) is 9.98 Å². The molecule has 1 N–H and O–H groups in total. The summed E-state index contributed by atoms with van der Waals surface area (Å²) in [5, 5.41) is 42.2. The molecule has 0 bridgehead atoms. The van der Waals surface area contributed by atoms with Crippen LogP contribution in [-0.2, 0) is 11.0 Å². The molecule has 0 aliphatic carbocycles. The predicted octanol–water partition coefficient (Wildman–Crippen LogP) is 3.00. The summed E-state index contributed by atoms with van der Waals surface area (Å²) in [7, 11) is 0. The van der Waals surface area contributed by atoms with Crippen LogP contribution in [0, 0.1) is 41.2 Å². The van der Waals surface area contributed by atoms with Crippen molar-refractivity contribution in [1.82, 2.24) is 0 Å². The zero-order valence-electron chi connectivity index (χ0n) is 17.5. The summed E-state index contributed by atoms with van der Waals surface area (Å²) < 4.78 is 0. The molecular weight excluding hydrogens is 656 g/mol. The fourth-order valence-corrected chi connectivity index (χ4v) is 2.29. The van der Waals surface area contributed by atoms with E-state index in [1.54, 1.807) is 43.3 Å². The largest absolute Gasteiger partial charge is 2.00 e. The van der Waals surface area contributed by atoms with Gasteiger partial charge in [-0.15, -0.1) is 11.5 Å². The van der Waals surface area contributed by atoms with Gasteiger partial charge in [-0.05, 0) is 24.1 Å². The Morgan fingerprint density at radius 1 is 0.848 bits per heavy atom. The molecule has 3 aromatic rings. The van der Waals surface area contributed by atoms with E-state index in [1.165, 1.54) is 42.8 Å². The number of nitro benzene ring substituents is 1. The van der Waals surface area contributed by atoms with Crippen LogP contribution < -0.4 is 10.2 Å². The number of aliphatic hydroxyl groups is 1. The van der Waals surface area contributed by atoms with E-state index in [4.69, 9.17) is 5.11 Å². The first kappa shape index (κ1) is 32.1. The molecule has 0 aromatic heterocycles. The van der Waals surface area contributed by atoms with Gasteiger partial charge >= 0.3 is 0 Å².